The van der Waals surface area contributed by atoms with Gasteiger partial charge in [0, 0.05) is 0 Å². The molecule has 0 bridgehead atoms. The van der Waals surface area contributed by atoms with Crippen molar-refractivity contribution in [1.29, 1.82) is 0 Å². The molecule has 4 rings (SSSR count). The Labute approximate surface area is 201 Å². The van der Waals surface area contributed by atoms with Crippen molar-refractivity contribution in [3.8, 4) is 0 Å². The second-order valence-electron chi connectivity index (χ2n) is 11.7. The summed E-state index contributed by atoms with van der Waals surface area (Å²) in [4.78, 5) is 55.8. The predicted octanol–water partition coefficient (Wildman–Crippen LogP) is 3.29. The summed E-state index contributed by atoms with van der Waals surface area (Å²) in [7, 11) is -4.50. The van der Waals surface area contributed by atoms with Crippen molar-refractivity contribution in [1.82, 2.24) is 5.09 Å². The van der Waals surface area contributed by atoms with Crippen LogP contribution < -0.4 is 5.09 Å². The maximum atomic E-state index is 12.6. The van der Waals surface area contributed by atoms with Gasteiger partial charge in [-0.05, 0) is 0 Å². The maximum absolute atomic E-state index is 12.6. The van der Waals surface area contributed by atoms with Gasteiger partial charge in [-0.1, -0.05) is 0 Å². The van der Waals surface area contributed by atoms with Crippen LogP contribution in [0.15, 0.2) is 0 Å². The van der Waals surface area contributed by atoms with Crippen LogP contribution in [0.2, 0.25) is 0 Å². The van der Waals surface area contributed by atoms with Gasteiger partial charge in [0.05, 0.1) is 0 Å². The number of carbonyl (C=O) groups excluding carboxylic acids is 1. The van der Waals surface area contributed by atoms with Gasteiger partial charge in [-0.15, -0.1) is 0 Å². The van der Waals surface area contributed by atoms with Gasteiger partial charge in [0.15, 0.2) is 0 Å². The molecular weight excluding hydrogens is 461 g/mol. The molecule has 0 amide bonds. The number of rotatable bonds is 8. The van der Waals surface area contributed by atoms with Crippen LogP contribution in [0.4, 0.5) is 0 Å². The van der Waals surface area contributed by atoms with E-state index in [9.17, 15) is 29.3 Å². The Morgan fingerprint density at radius 3 is 2.50 bits per heavy atom. The molecule has 4 saturated carbocycles. The molecular formula is C24H40NO8P. The second kappa shape index (κ2) is 9.40. The molecule has 34 heavy (non-hydrogen) atoms. The molecule has 0 spiro atoms. The van der Waals surface area contributed by atoms with Crippen LogP contribution in [-0.4, -0.2) is 49.9 Å². The van der Waals surface area contributed by atoms with E-state index in [1.165, 1.54) is 0 Å². The van der Waals surface area contributed by atoms with Gasteiger partial charge < -0.3 is 0 Å². The summed E-state index contributed by atoms with van der Waals surface area (Å²) in [5, 5.41) is 20.4. The number of Topliss-reactive ketones (excluding diaryl/α,β-unsaturated/α-hetero) is 1. The number of fused-ring (bicyclic) bond motifs is 5. The van der Waals surface area contributed by atoms with Crippen molar-refractivity contribution < 1.29 is 38.9 Å². The van der Waals surface area contributed by atoms with E-state index in [1.807, 2.05) is 0 Å². The SMILES string of the molecule is C[C@]12CC[C@H](O[PH](O)(O)N[C@@H](CCC(=O)O)C(=O)O)CC1CCC1C2CC[C@]2(C)C(=O)CCC12. The Morgan fingerprint density at radius 2 is 1.82 bits per heavy atom. The first kappa shape index (κ1) is 26.0. The summed E-state index contributed by atoms with van der Waals surface area (Å²) >= 11 is 0. The van der Waals surface area contributed by atoms with Gasteiger partial charge >= 0.3 is 201 Å². The molecule has 5 N–H and O–H groups in total. The number of hydrogen-bond acceptors (Lipinski definition) is 7. The van der Waals surface area contributed by atoms with Crippen molar-refractivity contribution >= 4 is 25.8 Å². The van der Waals surface area contributed by atoms with Crippen LogP contribution in [0.3, 0.4) is 0 Å². The fourth-order valence-electron chi connectivity index (χ4n) is 8.12. The van der Waals surface area contributed by atoms with E-state index in [1.54, 1.807) is 0 Å². The summed E-state index contributed by atoms with van der Waals surface area (Å²) in [5.74, 6) is -0.00178. The van der Waals surface area contributed by atoms with Crippen molar-refractivity contribution in [2.75, 3.05) is 0 Å². The first-order valence-electron chi connectivity index (χ1n) is 12.7. The summed E-state index contributed by atoms with van der Waals surface area (Å²) in [6.07, 6.45) is 7.16. The quantitative estimate of drug-likeness (QED) is 0.315. The molecule has 4 fully saturated rings. The van der Waals surface area contributed by atoms with E-state index in [4.69, 9.17) is 9.63 Å². The average Bonchev–Trinajstić information content (AvgIpc) is 3.05. The van der Waals surface area contributed by atoms with Gasteiger partial charge in [-0.25, -0.2) is 0 Å². The Bertz CT molecular complexity index is 836. The fraction of sp³-hybridized carbons (Fsp3) is 0.875. The van der Waals surface area contributed by atoms with E-state index in [-0.39, 0.29) is 23.4 Å². The van der Waals surface area contributed by atoms with Gasteiger partial charge in [-0.3, -0.25) is 0 Å². The molecule has 8 atom stereocenters. The third-order valence-electron chi connectivity index (χ3n) is 9.96. The molecule has 0 aromatic heterocycles. The van der Waals surface area contributed by atoms with Crippen LogP contribution in [0.5, 0.6) is 0 Å². The van der Waals surface area contributed by atoms with Gasteiger partial charge in [-0.2, -0.15) is 0 Å². The van der Waals surface area contributed by atoms with Gasteiger partial charge in [0.25, 0.3) is 0 Å². The number of hydrogen-bond donors (Lipinski definition) is 5. The number of carboxylic acid groups (broad SMARTS) is 2. The van der Waals surface area contributed by atoms with Crippen LogP contribution in [0, 0.1) is 34.5 Å². The second-order valence-corrected chi connectivity index (χ2v) is 13.4. The standard InChI is InChI=1S/C24H40NO8P/c1-23-11-9-15(33-34(31,32)25-19(22(29)30)6-8-21(27)28)13-14(23)3-4-16-17-5-7-20(26)24(17,2)12-10-18(16)23/h14-19,25,31-32,34H,3-13H2,1-2H3,(H,27,28)(H,29,30)/t14?,15-,16?,17?,18?,19-,23-,24-/m0/s1. The summed E-state index contributed by atoms with van der Waals surface area (Å²) in [6, 6.07) is -1.40. The molecule has 0 radical (unpaired) electrons. The first-order chi connectivity index (χ1) is 15.9. The van der Waals surface area contributed by atoms with Gasteiger partial charge in [0.1, 0.15) is 0 Å². The van der Waals surface area contributed by atoms with Crippen molar-refractivity contribution in [3.63, 3.8) is 0 Å². The molecule has 0 aromatic rings. The molecule has 9 nitrogen and oxygen atoms in total. The van der Waals surface area contributed by atoms with E-state index in [0.717, 1.165) is 44.9 Å². The zero-order valence-electron chi connectivity index (χ0n) is 20.2. The topological polar surface area (TPSA) is 153 Å². The normalized spacial score (nSPS) is 41.2. The Kier molecular flexibility index (Phi) is 7.17. The van der Waals surface area contributed by atoms with Crippen LogP contribution in [-0.2, 0) is 18.9 Å². The Morgan fingerprint density at radius 1 is 1.09 bits per heavy atom. The molecule has 0 aliphatic heterocycles. The summed E-state index contributed by atoms with van der Waals surface area (Å²) in [5.41, 5.74) is 0.0000325. The minimum absolute atomic E-state index is 0.142. The van der Waals surface area contributed by atoms with Crippen molar-refractivity contribution in [2.45, 2.75) is 96.6 Å². The predicted molar refractivity (Wildman–Crippen MR) is 126 cm³/mol. The number of aliphatic carboxylic acids is 2. The number of carboxylic acids is 2. The monoisotopic (exact) mass is 501 g/mol. The average molecular weight is 502 g/mol. The van der Waals surface area contributed by atoms with Gasteiger partial charge in [0.2, 0.25) is 0 Å². The summed E-state index contributed by atoms with van der Waals surface area (Å²) < 4.78 is 5.68. The molecule has 4 aliphatic carbocycles. The van der Waals surface area contributed by atoms with E-state index >= 15 is 0 Å². The number of ketones is 1. The third kappa shape index (κ3) is 4.79. The molecule has 10 heteroatoms. The third-order valence-corrected chi connectivity index (χ3v) is 11.4. The zero-order valence-corrected chi connectivity index (χ0v) is 21.2. The van der Waals surface area contributed by atoms with Crippen LogP contribution >= 0.6 is 8.09 Å². The van der Waals surface area contributed by atoms with E-state index in [2.05, 4.69) is 18.9 Å². The molecule has 0 saturated heterocycles. The van der Waals surface area contributed by atoms with E-state index in [0.29, 0.717) is 42.3 Å². The molecule has 4 unspecified atom stereocenters. The van der Waals surface area contributed by atoms with Crippen molar-refractivity contribution in [3.05, 3.63) is 0 Å². The Hall–Kier alpha value is -1.12. The molecule has 0 heterocycles. The minimum atomic E-state index is -4.50. The number of carbonyl (C=O) groups is 3. The molecule has 4 aliphatic rings. The van der Waals surface area contributed by atoms with E-state index < -0.39 is 32.5 Å². The van der Waals surface area contributed by atoms with Crippen molar-refractivity contribution in [2.24, 2.45) is 34.5 Å². The molecule has 0 aromatic carbocycles. The molecule has 194 valence electrons. The summed E-state index contributed by atoms with van der Waals surface area (Å²) in [6.45, 7) is 4.56. The van der Waals surface area contributed by atoms with Crippen LogP contribution in [0.25, 0.3) is 0 Å². The zero-order chi connectivity index (χ0) is 24.9. The Balaban J connectivity index is 1.38. The van der Waals surface area contributed by atoms with Crippen LogP contribution in [0.1, 0.15) is 84.5 Å². The first-order valence-corrected chi connectivity index (χ1v) is 14.5. The fourth-order valence-corrected chi connectivity index (χ4v) is 9.58. The number of nitrogens with one attached hydrogen (secondary N) is 1.